The normalized spacial score (nSPS) is 22.0. The van der Waals surface area contributed by atoms with Crippen molar-refractivity contribution < 1.29 is 9.90 Å². The van der Waals surface area contributed by atoms with Gasteiger partial charge in [0.25, 0.3) is 0 Å². The Kier molecular flexibility index (Phi) is 6.57. The summed E-state index contributed by atoms with van der Waals surface area (Å²) in [6.07, 6.45) is 0.409. The first-order valence-corrected chi connectivity index (χ1v) is 8.38. The van der Waals surface area contributed by atoms with Crippen molar-refractivity contribution in [3.8, 4) is 0 Å². The summed E-state index contributed by atoms with van der Waals surface area (Å²) in [5, 5.41) is 13.0. The highest BCUT2D eigenvalue weighted by Gasteiger charge is 2.30. The van der Waals surface area contributed by atoms with Gasteiger partial charge in [-0.2, -0.15) is 0 Å². The first kappa shape index (κ1) is 17.9. The van der Waals surface area contributed by atoms with Gasteiger partial charge in [0.05, 0.1) is 12.6 Å². The second-order valence-electron chi connectivity index (χ2n) is 6.77. The molecule has 5 heteroatoms. The second kappa shape index (κ2) is 8.43. The molecular formula is C18H29N3O2. The topological polar surface area (TPSA) is 55.8 Å². The van der Waals surface area contributed by atoms with Gasteiger partial charge >= 0.3 is 0 Å². The molecule has 2 rings (SSSR count). The monoisotopic (exact) mass is 319 g/mol. The van der Waals surface area contributed by atoms with E-state index in [1.165, 1.54) is 5.56 Å². The molecule has 1 aliphatic heterocycles. The highest BCUT2D eigenvalue weighted by molar-refractivity contribution is 5.78. The van der Waals surface area contributed by atoms with Crippen molar-refractivity contribution in [2.75, 3.05) is 26.7 Å². The highest BCUT2D eigenvalue weighted by Crippen LogP contribution is 2.20. The zero-order valence-electron chi connectivity index (χ0n) is 14.4. The molecule has 1 aliphatic rings. The second-order valence-corrected chi connectivity index (χ2v) is 6.77. The zero-order chi connectivity index (χ0) is 16.8. The maximum atomic E-state index is 12.0. The number of likely N-dealkylation sites (tertiary alicyclic amines) is 1. The van der Waals surface area contributed by atoms with Crippen LogP contribution >= 0.6 is 0 Å². The van der Waals surface area contributed by atoms with E-state index in [9.17, 15) is 9.90 Å². The maximum Gasteiger partial charge on any atom is 0.234 e. The molecule has 1 amide bonds. The molecule has 2 atom stereocenters. The van der Waals surface area contributed by atoms with Gasteiger partial charge in [0.2, 0.25) is 5.91 Å². The van der Waals surface area contributed by atoms with E-state index in [-0.39, 0.29) is 18.1 Å². The van der Waals surface area contributed by atoms with Gasteiger partial charge in [-0.05, 0) is 32.9 Å². The Morgan fingerprint density at radius 1 is 1.39 bits per heavy atom. The Morgan fingerprint density at radius 2 is 2.09 bits per heavy atom. The fraction of sp³-hybridized carbons (Fsp3) is 0.611. The van der Waals surface area contributed by atoms with Crippen LogP contribution in [0.1, 0.15) is 25.8 Å². The molecule has 1 fully saturated rings. The lowest BCUT2D eigenvalue weighted by molar-refractivity contribution is -0.122. The van der Waals surface area contributed by atoms with E-state index in [0.29, 0.717) is 32.1 Å². The van der Waals surface area contributed by atoms with Gasteiger partial charge in [0.1, 0.15) is 0 Å². The molecule has 1 aromatic carbocycles. The van der Waals surface area contributed by atoms with Gasteiger partial charge in [0, 0.05) is 31.7 Å². The fourth-order valence-corrected chi connectivity index (χ4v) is 2.88. The van der Waals surface area contributed by atoms with Gasteiger partial charge < -0.3 is 10.4 Å². The first-order valence-electron chi connectivity index (χ1n) is 8.38. The van der Waals surface area contributed by atoms with E-state index in [0.717, 1.165) is 6.54 Å². The van der Waals surface area contributed by atoms with Gasteiger partial charge in [-0.25, -0.2) is 0 Å². The van der Waals surface area contributed by atoms with E-state index in [1.54, 1.807) is 0 Å². The van der Waals surface area contributed by atoms with Crippen LogP contribution in [0.4, 0.5) is 0 Å². The van der Waals surface area contributed by atoms with Crippen molar-refractivity contribution in [2.45, 2.75) is 45.0 Å². The lowest BCUT2D eigenvalue weighted by Gasteiger charge is -2.25. The smallest absolute Gasteiger partial charge is 0.234 e. The number of aliphatic hydroxyl groups excluding tert-OH is 1. The number of carbonyl (C=O) groups excluding carboxylic acids is 1. The summed E-state index contributed by atoms with van der Waals surface area (Å²) in [5.41, 5.74) is 1.23. The van der Waals surface area contributed by atoms with Gasteiger partial charge in [-0.15, -0.1) is 0 Å². The molecule has 0 spiro atoms. The standard InChI is InChI=1S/C18H29N3O2/c1-14(2)20(3)13-18(23)19-10-16-9-17(22)12-21(16)11-15-7-5-4-6-8-15/h4-8,14,16-17,22H,9-13H2,1-3H3,(H,19,23). The highest BCUT2D eigenvalue weighted by atomic mass is 16.3. The third-order valence-electron chi connectivity index (χ3n) is 4.54. The Balaban J connectivity index is 1.84. The summed E-state index contributed by atoms with van der Waals surface area (Å²) in [6, 6.07) is 10.8. The van der Waals surface area contributed by atoms with Crippen molar-refractivity contribution in [3.05, 3.63) is 35.9 Å². The van der Waals surface area contributed by atoms with E-state index in [1.807, 2.05) is 30.1 Å². The number of amides is 1. The number of benzene rings is 1. The number of β-amino-alcohol motifs (C(OH)–C–C–N with tert-alkyl or cyclic N) is 1. The van der Waals surface area contributed by atoms with Crippen molar-refractivity contribution in [1.29, 1.82) is 0 Å². The van der Waals surface area contributed by atoms with Gasteiger partial charge in [0.15, 0.2) is 0 Å². The third-order valence-corrected chi connectivity index (χ3v) is 4.54. The summed E-state index contributed by atoms with van der Waals surface area (Å²) < 4.78 is 0. The number of hydrogen-bond donors (Lipinski definition) is 2. The Bertz CT molecular complexity index is 492. The summed E-state index contributed by atoms with van der Waals surface area (Å²) in [7, 11) is 1.95. The quantitative estimate of drug-likeness (QED) is 0.790. The molecule has 2 unspecified atom stereocenters. The van der Waals surface area contributed by atoms with Gasteiger partial charge in [-0.1, -0.05) is 30.3 Å². The Hall–Kier alpha value is -1.43. The van der Waals surface area contributed by atoms with Crippen LogP contribution in [0.3, 0.4) is 0 Å². The van der Waals surface area contributed by atoms with Crippen LogP contribution in [-0.4, -0.2) is 65.7 Å². The molecule has 128 valence electrons. The van der Waals surface area contributed by atoms with Crippen molar-refractivity contribution in [3.63, 3.8) is 0 Å². The van der Waals surface area contributed by atoms with Crippen LogP contribution in [0.25, 0.3) is 0 Å². The predicted molar refractivity (Wildman–Crippen MR) is 92.0 cm³/mol. The fourth-order valence-electron chi connectivity index (χ4n) is 2.88. The van der Waals surface area contributed by atoms with Crippen molar-refractivity contribution >= 4 is 5.91 Å². The van der Waals surface area contributed by atoms with Crippen LogP contribution in [0.15, 0.2) is 30.3 Å². The lowest BCUT2D eigenvalue weighted by atomic mass is 10.1. The van der Waals surface area contributed by atoms with E-state index in [2.05, 4.69) is 36.2 Å². The maximum absolute atomic E-state index is 12.0. The molecule has 2 N–H and O–H groups in total. The molecule has 0 aliphatic carbocycles. The summed E-state index contributed by atoms with van der Waals surface area (Å²) >= 11 is 0. The molecule has 1 aromatic rings. The zero-order valence-corrected chi connectivity index (χ0v) is 14.4. The summed E-state index contributed by atoms with van der Waals surface area (Å²) in [6.45, 7) is 6.62. The van der Waals surface area contributed by atoms with Crippen LogP contribution in [0.5, 0.6) is 0 Å². The lowest BCUT2D eigenvalue weighted by Crippen LogP contribution is -2.44. The van der Waals surface area contributed by atoms with Crippen LogP contribution in [0.2, 0.25) is 0 Å². The summed E-state index contributed by atoms with van der Waals surface area (Å²) in [4.78, 5) is 16.3. The number of likely N-dealkylation sites (N-methyl/N-ethyl adjacent to an activating group) is 1. The minimum atomic E-state index is -0.307. The Morgan fingerprint density at radius 3 is 2.74 bits per heavy atom. The molecule has 1 heterocycles. The summed E-state index contributed by atoms with van der Waals surface area (Å²) in [5.74, 6) is 0.0438. The number of hydrogen-bond acceptors (Lipinski definition) is 4. The minimum Gasteiger partial charge on any atom is -0.392 e. The number of aliphatic hydroxyl groups is 1. The average molecular weight is 319 g/mol. The number of carbonyl (C=O) groups is 1. The van der Waals surface area contributed by atoms with E-state index < -0.39 is 0 Å². The average Bonchev–Trinajstić information content (AvgIpc) is 2.85. The predicted octanol–water partition coefficient (Wildman–Crippen LogP) is 1.08. The van der Waals surface area contributed by atoms with Gasteiger partial charge in [-0.3, -0.25) is 14.6 Å². The molecule has 0 radical (unpaired) electrons. The van der Waals surface area contributed by atoms with Crippen LogP contribution in [-0.2, 0) is 11.3 Å². The Labute approximate surface area is 139 Å². The minimum absolute atomic E-state index is 0.0438. The van der Waals surface area contributed by atoms with Crippen molar-refractivity contribution in [1.82, 2.24) is 15.1 Å². The number of nitrogens with one attached hydrogen (secondary N) is 1. The molecule has 0 aromatic heterocycles. The largest absolute Gasteiger partial charge is 0.392 e. The molecule has 0 saturated carbocycles. The van der Waals surface area contributed by atoms with Crippen LogP contribution < -0.4 is 5.32 Å². The van der Waals surface area contributed by atoms with E-state index >= 15 is 0 Å². The molecule has 5 nitrogen and oxygen atoms in total. The first-order chi connectivity index (χ1) is 11.0. The molecule has 23 heavy (non-hydrogen) atoms. The third kappa shape index (κ3) is 5.61. The molecule has 1 saturated heterocycles. The molecule has 0 bridgehead atoms. The van der Waals surface area contributed by atoms with Crippen LogP contribution in [0, 0.1) is 0 Å². The number of rotatable bonds is 7. The van der Waals surface area contributed by atoms with Crippen molar-refractivity contribution in [2.24, 2.45) is 0 Å². The van der Waals surface area contributed by atoms with E-state index in [4.69, 9.17) is 0 Å². The molecular weight excluding hydrogens is 290 g/mol. The number of nitrogens with zero attached hydrogens (tertiary/aromatic N) is 2. The SMILES string of the molecule is CC(C)N(C)CC(=O)NCC1CC(O)CN1Cc1ccccc1.